The zero-order valence-corrected chi connectivity index (χ0v) is 16.9. The van der Waals surface area contributed by atoms with Gasteiger partial charge in [-0.2, -0.15) is 0 Å². The summed E-state index contributed by atoms with van der Waals surface area (Å²) in [4.78, 5) is 23.6. The first kappa shape index (κ1) is 21.1. The third-order valence-corrected chi connectivity index (χ3v) is 5.98. The molecule has 3 rings (SSSR count). The zero-order valence-electron chi connectivity index (χ0n) is 16.0. The standard InChI is InChI=1S/C20H23NO7S/c1-3-13(21-10-14(22)17-11(2)6-7-29-17)8-12-4-5-15-16(9-12)28-20(27-15,18(23)24)19(25)26/h4-7,9,13-14,21-22H,3,8,10H2,1-2H3,(H,23,24)(H,25,26). The van der Waals surface area contributed by atoms with Crippen molar-refractivity contribution < 1.29 is 34.4 Å². The first-order valence-electron chi connectivity index (χ1n) is 9.20. The highest BCUT2D eigenvalue weighted by molar-refractivity contribution is 7.10. The number of benzene rings is 1. The van der Waals surface area contributed by atoms with Crippen molar-refractivity contribution >= 4 is 23.3 Å². The van der Waals surface area contributed by atoms with Crippen LogP contribution in [0, 0.1) is 6.92 Å². The SMILES string of the molecule is CCC(Cc1ccc2c(c1)OC(C(=O)O)(C(=O)O)O2)NCC(O)c1sccc1C. The van der Waals surface area contributed by atoms with Crippen LogP contribution in [0.5, 0.6) is 11.5 Å². The van der Waals surface area contributed by atoms with Crippen LogP contribution in [0.3, 0.4) is 0 Å². The number of carboxylic acid groups (broad SMARTS) is 2. The Labute approximate surface area is 171 Å². The number of aliphatic hydroxyl groups excluding tert-OH is 1. The molecule has 0 saturated carbocycles. The highest BCUT2D eigenvalue weighted by Crippen LogP contribution is 2.40. The second kappa shape index (κ2) is 8.40. The van der Waals surface area contributed by atoms with Crippen molar-refractivity contribution in [3.63, 3.8) is 0 Å². The fraction of sp³-hybridized carbons (Fsp3) is 0.400. The number of aliphatic hydroxyl groups is 1. The van der Waals surface area contributed by atoms with Gasteiger partial charge in [-0.25, -0.2) is 9.59 Å². The second-order valence-corrected chi connectivity index (χ2v) is 7.86. The van der Waals surface area contributed by atoms with Crippen molar-refractivity contribution in [3.05, 3.63) is 45.6 Å². The van der Waals surface area contributed by atoms with Crippen LogP contribution in [0.15, 0.2) is 29.6 Å². The molecular formula is C20H23NO7S. The molecular weight excluding hydrogens is 398 g/mol. The number of hydrogen-bond donors (Lipinski definition) is 4. The molecule has 0 saturated heterocycles. The van der Waals surface area contributed by atoms with Crippen LogP contribution >= 0.6 is 11.3 Å². The Kier molecular flexibility index (Phi) is 6.11. The smallest absolute Gasteiger partial charge is 0.453 e. The van der Waals surface area contributed by atoms with Crippen LogP contribution in [0.4, 0.5) is 0 Å². The first-order chi connectivity index (χ1) is 13.8. The molecule has 2 atom stereocenters. The molecule has 2 aromatic rings. The summed E-state index contributed by atoms with van der Waals surface area (Å²) in [6, 6.07) is 6.88. The fourth-order valence-corrected chi connectivity index (χ4v) is 4.10. The Hall–Kier alpha value is -2.62. The third kappa shape index (κ3) is 4.21. The number of carboxylic acids is 2. The molecule has 0 spiro atoms. The molecule has 8 nitrogen and oxygen atoms in total. The van der Waals surface area contributed by atoms with Crippen LogP contribution in [0.1, 0.15) is 35.5 Å². The molecule has 29 heavy (non-hydrogen) atoms. The molecule has 2 unspecified atom stereocenters. The van der Waals surface area contributed by atoms with Gasteiger partial charge in [0.15, 0.2) is 11.5 Å². The summed E-state index contributed by atoms with van der Waals surface area (Å²) in [5.74, 6) is -6.06. The van der Waals surface area contributed by atoms with Crippen molar-refractivity contribution in [2.24, 2.45) is 0 Å². The number of fused-ring (bicyclic) bond motifs is 1. The Morgan fingerprint density at radius 3 is 2.45 bits per heavy atom. The number of hydrogen-bond acceptors (Lipinski definition) is 7. The predicted molar refractivity (Wildman–Crippen MR) is 106 cm³/mol. The number of thiophene rings is 1. The fourth-order valence-electron chi connectivity index (χ4n) is 3.18. The van der Waals surface area contributed by atoms with Gasteiger partial charge in [0.2, 0.25) is 0 Å². The number of nitrogens with one attached hydrogen (secondary N) is 1. The summed E-state index contributed by atoms with van der Waals surface area (Å²) in [5.41, 5.74) is 1.90. The lowest BCUT2D eigenvalue weighted by Crippen LogP contribution is -2.54. The summed E-state index contributed by atoms with van der Waals surface area (Å²) >= 11 is 1.52. The van der Waals surface area contributed by atoms with Crippen molar-refractivity contribution in [1.29, 1.82) is 0 Å². The van der Waals surface area contributed by atoms with E-state index in [4.69, 9.17) is 9.47 Å². The first-order valence-corrected chi connectivity index (χ1v) is 10.1. The summed E-state index contributed by atoms with van der Waals surface area (Å²) < 4.78 is 10.2. The van der Waals surface area contributed by atoms with E-state index in [-0.39, 0.29) is 17.5 Å². The number of aliphatic carboxylic acids is 2. The van der Waals surface area contributed by atoms with Crippen LogP contribution < -0.4 is 14.8 Å². The molecule has 1 aliphatic rings. The van der Waals surface area contributed by atoms with E-state index in [1.165, 1.54) is 17.4 Å². The van der Waals surface area contributed by atoms with Crippen molar-refractivity contribution in [2.45, 2.75) is 44.6 Å². The molecule has 1 aromatic heterocycles. The van der Waals surface area contributed by atoms with Gasteiger partial charge < -0.3 is 30.1 Å². The number of ether oxygens (including phenoxy) is 2. The maximum absolute atomic E-state index is 11.3. The molecule has 0 fully saturated rings. The maximum atomic E-state index is 11.3. The molecule has 0 bridgehead atoms. The van der Waals surface area contributed by atoms with Crippen molar-refractivity contribution in [1.82, 2.24) is 5.32 Å². The van der Waals surface area contributed by atoms with Crippen LogP contribution in [0.2, 0.25) is 0 Å². The van der Waals surface area contributed by atoms with E-state index in [9.17, 15) is 24.9 Å². The highest BCUT2D eigenvalue weighted by atomic mass is 32.1. The molecule has 0 aliphatic carbocycles. The Bertz CT molecular complexity index is 896. The highest BCUT2D eigenvalue weighted by Gasteiger charge is 2.57. The van der Waals surface area contributed by atoms with Crippen LogP contribution in [0.25, 0.3) is 0 Å². The molecule has 1 aromatic carbocycles. The summed E-state index contributed by atoms with van der Waals surface area (Å²) in [6.45, 7) is 4.39. The van der Waals surface area contributed by atoms with Gasteiger partial charge in [-0.1, -0.05) is 13.0 Å². The molecule has 9 heteroatoms. The van der Waals surface area contributed by atoms with Gasteiger partial charge in [0.05, 0.1) is 0 Å². The predicted octanol–water partition coefficient (Wildman–Crippen LogP) is 2.34. The minimum Gasteiger partial charge on any atom is -0.475 e. The molecule has 0 amide bonds. The average molecular weight is 421 g/mol. The third-order valence-electron chi connectivity index (χ3n) is 4.86. The van der Waals surface area contributed by atoms with Gasteiger partial charge in [-0.05, 0) is 54.5 Å². The molecule has 1 aliphatic heterocycles. The van der Waals surface area contributed by atoms with Gasteiger partial charge >= 0.3 is 17.7 Å². The Morgan fingerprint density at radius 2 is 1.86 bits per heavy atom. The summed E-state index contributed by atoms with van der Waals surface area (Å²) in [5, 5.41) is 34.1. The van der Waals surface area contributed by atoms with Gasteiger partial charge in [-0.3, -0.25) is 0 Å². The number of carbonyl (C=O) groups is 2. The molecule has 0 radical (unpaired) electrons. The van der Waals surface area contributed by atoms with Crippen molar-refractivity contribution in [2.75, 3.05) is 6.54 Å². The summed E-state index contributed by atoms with van der Waals surface area (Å²) in [6.07, 6.45) is 0.808. The number of rotatable bonds is 9. The Morgan fingerprint density at radius 1 is 1.17 bits per heavy atom. The Balaban J connectivity index is 1.66. The van der Waals surface area contributed by atoms with Gasteiger partial charge in [0.25, 0.3) is 0 Å². The van der Waals surface area contributed by atoms with E-state index in [1.807, 2.05) is 25.3 Å². The topological polar surface area (TPSA) is 125 Å². The van der Waals surface area contributed by atoms with E-state index >= 15 is 0 Å². The van der Waals surface area contributed by atoms with E-state index in [1.54, 1.807) is 12.1 Å². The van der Waals surface area contributed by atoms with E-state index in [0.717, 1.165) is 22.4 Å². The van der Waals surface area contributed by atoms with E-state index in [0.29, 0.717) is 13.0 Å². The number of aryl methyl sites for hydroxylation is 1. The molecule has 156 valence electrons. The lowest BCUT2D eigenvalue weighted by molar-refractivity contribution is -0.194. The van der Waals surface area contributed by atoms with Crippen LogP contribution in [-0.4, -0.2) is 45.6 Å². The van der Waals surface area contributed by atoms with Gasteiger partial charge in [0, 0.05) is 17.5 Å². The normalized spacial score (nSPS) is 16.4. The largest absolute Gasteiger partial charge is 0.475 e. The quantitative estimate of drug-likeness (QED) is 0.455. The minimum absolute atomic E-state index is 0.0639. The summed E-state index contributed by atoms with van der Waals surface area (Å²) in [7, 11) is 0. The van der Waals surface area contributed by atoms with E-state index < -0.39 is 23.8 Å². The average Bonchev–Trinajstić information content (AvgIpc) is 3.28. The molecule has 4 N–H and O–H groups in total. The maximum Gasteiger partial charge on any atom is 0.453 e. The van der Waals surface area contributed by atoms with Gasteiger partial charge in [0.1, 0.15) is 6.10 Å². The lowest BCUT2D eigenvalue weighted by Gasteiger charge is -2.20. The zero-order chi connectivity index (χ0) is 21.2. The lowest BCUT2D eigenvalue weighted by atomic mass is 10.0. The van der Waals surface area contributed by atoms with Crippen LogP contribution in [-0.2, 0) is 16.0 Å². The second-order valence-electron chi connectivity index (χ2n) is 6.91. The minimum atomic E-state index is -2.76. The van der Waals surface area contributed by atoms with E-state index in [2.05, 4.69) is 5.32 Å². The monoisotopic (exact) mass is 421 g/mol. The van der Waals surface area contributed by atoms with Crippen molar-refractivity contribution in [3.8, 4) is 11.5 Å². The van der Waals surface area contributed by atoms with Gasteiger partial charge in [-0.15, -0.1) is 11.3 Å². The molecule has 2 heterocycles.